The normalized spacial score (nSPS) is 14.3. The van der Waals surface area contributed by atoms with Gasteiger partial charge in [-0.1, -0.05) is 54.4 Å². The molecule has 0 fully saturated rings. The van der Waals surface area contributed by atoms with Gasteiger partial charge in [0.1, 0.15) is 5.67 Å². The third-order valence-corrected chi connectivity index (χ3v) is 8.38. The number of unbranched alkanes of at least 4 members (excludes halogenated alkanes) is 1. The highest BCUT2D eigenvalue weighted by Crippen LogP contribution is 2.30. The van der Waals surface area contributed by atoms with E-state index in [1.54, 1.807) is 18.2 Å². The minimum absolute atomic E-state index is 0.0185. The summed E-state index contributed by atoms with van der Waals surface area (Å²) in [7, 11) is -4.34. The van der Waals surface area contributed by atoms with E-state index in [9.17, 15) is 26.4 Å². The van der Waals surface area contributed by atoms with Crippen LogP contribution in [0.1, 0.15) is 55.5 Å². The van der Waals surface area contributed by atoms with Crippen LogP contribution in [0.15, 0.2) is 59.5 Å². The number of sulfonamides is 1. The number of halogens is 1. The molecule has 0 saturated heterocycles. The molecule has 0 aliphatic rings. The monoisotopic (exact) mass is 482 g/mol. The standard InChI is InChI=1S/C23H30FNO5S2/c1-18-13-15-19(16-14-18)22(26)12-8-7-9-20(23(2,3)24)17-25(31(27)28)32(29,30)21-10-5-4-6-11-21/h4-6,10-11,13-16,20H,7-9,12,17H2,1-3H3,(H,27,28)/p-1. The summed E-state index contributed by atoms with van der Waals surface area (Å²) in [6, 6.07) is 14.4. The Morgan fingerprint density at radius 1 is 1.09 bits per heavy atom. The first-order valence-corrected chi connectivity index (χ1v) is 12.9. The topological polar surface area (TPSA) is 94.6 Å². The second-order valence-electron chi connectivity index (χ2n) is 8.32. The smallest absolute Gasteiger partial charge is 0.253 e. The van der Waals surface area contributed by atoms with Crippen LogP contribution in [-0.4, -0.2) is 38.9 Å². The van der Waals surface area contributed by atoms with Gasteiger partial charge in [0.25, 0.3) is 10.0 Å². The molecule has 9 heteroatoms. The average molecular weight is 483 g/mol. The molecule has 0 amide bonds. The zero-order chi connectivity index (χ0) is 23.9. The van der Waals surface area contributed by atoms with Gasteiger partial charge in [0, 0.05) is 35.7 Å². The van der Waals surface area contributed by atoms with Crippen molar-refractivity contribution < 1.29 is 26.4 Å². The summed E-state index contributed by atoms with van der Waals surface area (Å²) in [5.74, 6) is -0.886. The molecule has 0 aliphatic heterocycles. The van der Waals surface area contributed by atoms with Gasteiger partial charge in [-0.05, 0) is 45.7 Å². The maximum atomic E-state index is 14.9. The zero-order valence-electron chi connectivity index (χ0n) is 18.5. The first-order chi connectivity index (χ1) is 14.9. The van der Waals surface area contributed by atoms with Gasteiger partial charge in [0.15, 0.2) is 5.78 Å². The van der Waals surface area contributed by atoms with E-state index >= 15 is 0 Å². The van der Waals surface area contributed by atoms with Crippen molar-refractivity contribution in [1.82, 2.24) is 3.71 Å². The van der Waals surface area contributed by atoms with Crippen LogP contribution in [0, 0.1) is 12.8 Å². The van der Waals surface area contributed by atoms with E-state index < -0.39 is 39.4 Å². The fraction of sp³-hybridized carbons (Fsp3) is 0.435. The highest BCUT2D eigenvalue weighted by Gasteiger charge is 2.35. The van der Waals surface area contributed by atoms with Crippen LogP contribution < -0.4 is 0 Å². The molecule has 0 radical (unpaired) electrons. The number of Topliss-reactive ketones (excluding diaryl/α,β-unsaturated/α-hetero) is 1. The molecule has 0 bridgehead atoms. The van der Waals surface area contributed by atoms with Gasteiger partial charge in [-0.25, -0.2) is 12.8 Å². The minimum Gasteiger partial charge on any atom is -0.759 e. The van der Waals surface area contributed by atoms with Crippen molar-refractivity contribution in [3.05, 3.63) is 65.7 Å². The lowest BCUT2D eigenvalue weighted by molar-refractivity contribution is 0.0968. The molecule has 0 heterocycles. The van der Waals surface area contributed by atoms with Crippen LogP contribution in [0.5, 0.6) is 0 Å². The lowest BCUT2D eigenvalue weighted by atomic mass is 9.87. The van der Waals surface area contributed by atoms with Gasteiger partial charge in [-0.3, -0.25) is 9.00 Å². The molecular weight excluding hydrogens is 453 g/mol. The molecule has 2 atom stereocenters. The lowest BCUT2D eigenvalue weighted by Gasteiger charge is -2.33. The molecule has 2 rings (SSSR count). The lowest BCUT2D eigenvalue weighted by Crippen LogP contribution is -2.42. The zero-order valence-corrected chi connectivity index (χ0v) is 20.1. The quantitative estimate of drug-likeness (QED) is 0.251. The van der Waals surface area contributed by atoms with Crippen molar-refractivity contribution in [1.29, 1.82) is 0 Å². The molecule has 176 valence electrons. The number of nitrogens with zero attached hydrogens (tertiary/aromatic N) is 1. The first-order valence-electron chi connectivity index (χ1n) is 10.4. The van der Waals surface area contributed by atoms with Gasteiger partial charge in [-0.2, -0.15) is 0 Å². The number of carbonyl (C=O) groups is 1. The van der Waals surface area contributed by atoms with Crippen molar-refractivity contribution in [2.75, 3.05) is 6.54 Å². The van der Waals surface area contributed by atoms with Crippen molar-refractivity contribution in [3.63, 3.8) is 0 Å². The number of carbonyl (C=O) groups excluding carboxylic acids is 1. The highest BCUT2D eigenvalue weighted by atomic mass is 32.3. The van der Waals surface area contributed by atoms with Crippen LogP contribution in [0.3, 0.4) is 0 Å². The molecule has 0 aromatic heterocycles. The molecular formula is C23H29FNO5S2-. The Kier molecular flexibility index (Phi) is 9.27. The number of rotatable bonds is 12. The van der Waals surface area contributed by atoms with Crippen molar-refractivity contribution in [2.45, 2.75) is 57.0 Å². The number of alkyl halides is 1. The van der Waals surface area contributed by atoms with Gasteiger partial charge in [0.05, 0.1) is 4.90 Å². The molecule has 0 N–H and O–H groups in total. The van der Waals surface area contributed by atoms with Crippen LogP contribution in [0.25, 0.3) is 0 Å². The number of benzene rings is 2. The Morgan fingerprint density at radius 3 is 2.22 bits per heavy atom. The molecule has 0 spiro atoms. The predicted molar refractivity (Wildman–Crippen MR) is 122 cm³/mol. The Labute approximate surface area is 192 Å². The maximum absolute atomic E-state index is 14.9. The molecule has 0 saturated carbocycles. The van der Waals surface area contributed by atoms with E-state index in [0.717, 1.165) is 5.56 Å². The van der Waals surface area contributed by atoms with Crippen LogP contribution in [0.4, 0.5) is 4.39 Å². The van der Waals surface area contributed by atoms with E-state index in [0.29, 0.717) is 22.1 Å². The summed E-state index contributed by atoms with van der Waals surface area (Å²) < 4.78 is 64.3. The van der Waals surface area contributed by atoms with E-state index in [1.807, 2.05) is 19.1 Å². The van der Waals surface area contributed by atoms with Crippen LogP contribution >= 0.6 is 0 Å². The average Bonchev–Trinajstić information content (AvgIpc) is 2.72. The summed E-state index contributed by atoms with van der Waals surface area (Å²) in [5.41, 5.74) is -0.148. The number of hydrogen-bond donors (Lipinski definition) is 0. The Bertz CT molecular complexity index is 1020. The first kappa shape index (κ1) is 26.3. The third kappa shape index (κ3) is 7.30. The Balaban J connectivity index is 2.05. The molecule has 2 aromatic carbocycles. The molecule has 2 unspecified atom stereocenters. The van der Waals surface area contributed by atoms with Crippen LogP contribution in [0.2, 0.25) is 0 Å². The summed E-state index contributed by atoms with van der Waals surface area (Å²) in [5, 5.41) is 0. The van der Waals surface area contributed by atoms with Gasteiger partial charge in [0.2, 0.25) is 0 Å². The van der Waals surface area contributed by atoms with E-state index in [4.69, 9.17) is 0 Å². The van der Waals surface area contributed by atoms with Crippen molar-refractivity contribution in [2.24, 2.45) is 5.92 Å². The van der Waals surface area contributed by atoms with Gasteiger partial charge < -0.3 is 4.55 Å². The number of hydrogen-bond acceptors (Lipinski definition) is 5. The SMILES string of the molecule is Cc1ccc(C(=O)CCCCC(CN(S(=O)[O-])S(=O)(=O)c2ccccc2)C(C)(C)F)cc1. The van der Waals surface area contributed by atoms with E-state index in [1.165, 1.54) is 38.1 Å². The Morgan fingerprint density at radius 2 is 1.69 bits per heavy atom. The fourth-order valence-corrected chi connectivity index (χ4v) is 5.65. The second kappa shape index (κ2) is 11.3. The molecule has 2 aromatic rings. The van der Waals surface area contributed by atoms with Crippen molar-refractivity contribution >= 4 is 27.1 Å². The third-order valence-electron chi connectivity index (χ3n) is 5.40. The summed E-state index contributed by atoms with van der Waals surface area (Å²) in [6.07, 6.45) is 1.47. The maximum Gasteiger partial charge on any atom is 0.253 e. The van der Waals surface area contributed by atoms with E-state index in [-0.39, 0.29) is 23.5 Å². The molecule has 6 nitrogen and oxygen atoms in total. The number of aryl methyl sites for hydroxylation is 1. The largest absolute Gasteiger partial charge is 0.759 e. The summed E-state index contributed by atoms with van der Waals surface area (Å²) in [4.78, 5) is 12.1. The van der Waals surface area contributed by atoms with Gasteiger partial charge >= 0.3 is 0 Å². The Hall–Kier alpha value is -1.94. The summed E-state index contributed by atoms with van der Waals surface area (Å²) in [6.45, 7) is 4.03. The fourth-order valence-electron chi connectivity index (χ4n) is 3.34. The van der Waals surface area contributed by atoms with Gasteiger partial charge in [-0.15, -0.1) is 3.71 Å². The summed E-state index contributed by atoms with van der Waals surface area (Å²) >= 11 is -3.10. The highest BCUT2D eigenvalue weighted by molar-refractivity contribution is 7.99. The predicted octanol–water partition coefficient (Wildman–Crippen LogP) is 4.59. The molecule has 32 heavy (non-hydrogen) atoms. The molecule has 0 aliphatic carbocycles. The van der Waals surface area contributed by atoms with E-state index in [2.05, 4.69) is 0 Å². The second-order valence-corrected chi connectivity index (χ2v) is 11.3. The van der Waals surface area contributed by atoms with Crippen molar-refractivity contribution in [3.8, 4) is 0 Å². The number of ketones is 1. The van der Waals surface area contributed by atoms with Crippen LogP contribution in [-0.2, 0) is 21.3 Å². The minimum atomic E-state index is -4.34.